The molecule has 0 atom stereocenters. The molecule has 0 fully saturated rings. The summed E-state index contributed by atoms with van der Waals surface area (Å²) in [5.74, 6) is 0.945. The van der Waals surface area contributed by atoms with Crippen LogP contribution in [0.25, 0.3) is 0 Å². The van der Waals surface area contributed by atoms with Crippen molar-refractivity contribution < 1.29 is 14.1 Å². The molecule has 0 aliphatic rings. The monoisotopic (exact) mass is 591 g/mol. The Hall–Kier alpha value is -2.66. The summed E-state index contributed by atoms with van der Waals surface area (Å²) in [5.41, 5.74) is 4.12. The van der Waals surface area contributed by atoms with E-state index in [0.29, 0.717) is 6.42 Å². The molecule has 0 radical (unpaired) electrons. The van der Waals surface area contributed by atoms with Crippen LogP contribution in [0, 0.1) is 6.92 Å². The van der Waals surface area contributed by atoms with E-state index in [-0.39, 0.29) is 11.3 Å². The lowest BCUT2D eigenvalue weighted by Gasteiger charge is -2.24. The SMILES string of the molecule is CCCCCCCCCCCCCCOc1ccc(CC(=O)Nc2cccc(C[n+]3ccsc3C)c2)cc1C(C)(C)C. The van der Waals surface area contributed by atoms with Gasteiger partial charge in [-0.3, -0.25) is 4.79 Å². The summed E-state index contributed by atoms with van der Waals surface area (Å²) in [5, 5.41) is 6.46. The first-order chi connectivity index (χ1) is 20.3. The maximum absolute atomic E-state index is 13.0. The molecule has 230 valence electrons. The minimum Gasteiger partial charge on any atom is -0.493 e. The van der Waals surface area contributed by atoms with Crippen molar-refractivity contribution in [3.05, 3.63) is 75.7 Å². The van der Waals surface area contributed by atoms with Crippen LogP contribution in [0.1, 0.15) is 126 Å². The van der Waals surface area contributed by atoms with Crippen molar-refractivity contribution in [1.82, 2.24) is 0 Å². The van der Waals surface area contributed by atoms with Crippen LogP contribution in [0.5, 0.6) is 5.75 Å². The number of nitrogens with zero attached hydrogens (tertiary/aromatic N) is 1. The Bertz CT molecular complexity index is 1210. The highest BCUT2D eigenvalue weighted by Gasteiger charge is 2.20. The Morgan fingerprint density at radius 3 is 2.14 bits per heavy atom. The Morgan fingerprint density at radius 2 is 1.52 bits per heavy atom. The van der Waals surface area contributed by atoms with Gasteiger partial charge in [0.2, 0.25) is 10.9 Å². The number of aryl methyl sites for hydroxylation is 1. The summed E-state index contributed by atoms with van der Waals surface area (Å²) in [7, 11) is 0. The molecule has 0 saturated carbocycles. The van der Waals surface area contributed by atoms with Gasteiger partial charge in [0.25, 0.3) is 0 Å². The Balaban J connectivity index is 1.42. The predicted octanol–water partition coefficient (Wildman–Crippen LogP) is 9.95. The highest BCUT2D eigenvalue weighted by atomic mass is 32.1. The molecule has 5 heteroatoms. The fourth-order valence-corrected chi connectivity index (χ4v) is 6.06. The van der Waals surface area contributed by atoms with E-state index in [1.807, 2.05) is 18.2 Å². The molecule has 4 nitrogen and oxygen atoms in total. The summed E-state index contributed by atoms with van der Waals surface area (Å²) >= 11 is 1.74. The standard InChI is InChI=1S/C37H54N2O2S/c1-6-7-8-9-10-11-12-13-14-15-16-17-24-41-35-22-21-31(27-34(35)37(3,4)5)28-36(40)38-33-20-18-19-32(26-33)29-39-23-25-42-30(39)2/h18-23,25-27H,6-17,24,28-29H2,1-5H3/p+1. The second kappa shape index (κ2) is 18.1. The number of carbonyl (C=O) groups is 1. The van der Waals surface area contributed by atoms with Gasteiger partial charge in [-0.25, -0.2) is 0 Å². The third-order valence-electron chi connectivity index (χ3n) is 7.92. The fraction of sp³-hybridized carbons (Fsp3) is 0.568. The molecule has 2 aromatic carbocycles. The number of anilines is 1. The lowest BCUT2D eigenvalue weighted by Crippen LogP contribution is -2.34. The zero-order valence-electron chi connectivity index (χ0n) is 27.0. The molecular weight excluding hydrogens is 536 g/mol. The van der Waals surface area contributed by atoms with Gasteiger partial charge < -0.3 is 10.1 Å². The van der Waals surface area contributed by atoms with Crippen LogP contribution < -0.4 is 14.6 Å². The predicted molar refractivity (Wildman–Crippen MR) is 179 cm³/mol. The minimum atomic E-state index is -0.0653. The van der Waals surface area contributed by atoms with E-state index in [9.17, 15) is 4.79 Å². The molecule has 3 rings (SSSR count). The number of amides is 1. The van der Waals surface area contributed by atoms with E-state index in [4.69, 9.17) is 4.74 Å². The Labute approximate surface area is 259 Å². The normalized spacial score (nSPS) is 11.5. The summed E-state index contributed by atoms with van der Waals surface area (Å²) in [4.78, 5) is 13.0. The topological polar surface area (TPSA) is 42.2 Å². The zero-order chi connectivity index (χ0) is 30.2. The fourth-order valence-electron chi connectivity index (χ4n) is 5.40. The zero-order valence-corrected chi connectivity index (χ0v) is 27.8. The molecule has 0 bridgehead atoms. The van der Waals surface area contributed by atoms with Crippen molar-refractivity contribution in [3.63, 3.8) is 0 Å². The van der Waals surface area contributed by atoms with Crippen LogP contribution in [-0.2, 0) is 23.2 Å². The smallest absolute Gasteiger partial charge is 0.234 e. The molecule has 0 spiro atoms. The maximum Gasteiger partial charge on any atom is 0.234 e. The van der Waals surface area contributed by atoms with E-state index in [0.717, 1.165) is 42.1 Å². The average Bonchev–Trinajstić information content (AvgIpc) is 3.35. The van der Waals surface area contributed by atoms with Crippen LogP contribution >= 0.6 is 11.3 Å². The average molecular weight is 592 g/mol. The van der Waals surface area contributed by atoms with Crippen LogP contribution in [0.2, 0.25) is 0 Å². The van der Waals surface area contributed by atoms with Crippen LogP contribution in [0.3, 0.4) is 0 Å². The number of benzene rings is 2. The van der Waals surface area contributed by atoms with Gasteiger partial charge in [-0.2, -0.15) is 4.57 Å². The van der Waals surface area contributed by atoms with Gasteiger partial charge in [0.05, 0.1) is 18.4 Å². The second-order valence-electron chi connectivity index (χ2n) is 12.8. The molecule has 0 saturated heterocycles. The lowest BCUT2D eigenvalue weighted by atomic mass is 9.85. The molecule has 0 unspecified atom stereocenters. The first-order valence-electron chi connectivity index (χ1n) is 16.3. The van der Waals surface area contributed by atoms with Crippen molar-refractivity contribution in [2.24, 2.45) is 0 Å². The first kappa shape index (κ1) is 33.8. The summed E-state index contributed by atoms with van der Waals surface area (Å²) in [6, 6.07) is 14.4. The van der Waals surface area contributed by atoms with Gasteiger partial charge in [0, 0.05) is 18.2 Å². The van der Waals surface area contributed by atoms with Gasteiger partial charge in [-0.15, -0.1) is 0 Å². The van der Waals surface area contributed by atoms with Gasteiger partial charge in [-0.1, -0.05) is 134 Å². The maximum atomic E-state index is 13.0. The van der Waals surface area contributed by atoms with E-state index in [2.05, 4.69) is 80.3 Å². The van der Waals surface area contributed by atoms with Gasteiger partial charge in [0.1, 0.15) is 5.75 Å². The molecule has 42 heavy (non-hydrogen) atoms. The lowest BCUT2D eigenvalue weighted by molar-refractivity contribution is -0.689. The van der Waals surface area contributed by atoms with Gasteiger partial charge >= 0.3 is 0 Å². The third-order valence-corrected chi connectivity index (χ3v) is 8.75. The highest BCUT2D eigenvalue weighted by molar-refractivity contribution is 7.09. The number of hydrogen-bond acceptors (Lipinski definition) is 3. The second-order valence-corrected chi connectivity index (χ2v) is 13.9. The summed E-state index contributed by atoms with van der Waals surface area (Å²) < 4.78 is 8.50. The number of unbranched alkanes of at least 4 members (excludes halogenated alkanes) is 11. The number of thiazole rings is 1. The van der Waals surface area contributed by atoms with Crippen LogP contribution in [-0.4, -0.2) is 12.5 Å². The van der Waals surface area contributed by atoms with Crippen molar-refractivity contribution in [2.45, 2.75) is 130 Å². The largest absolute Gasteiger partial charge is 0.493 e. The first-order valence-corrected chi connectivity index (χ1v) is 17.2. The molecule has 0 aliphatic heterocycles. The highest BCUT2D eigenvalue weighted by Crippen LogP contribution is 2.32. The Kier molecular flexibility index (Phi) is 14.6. The quantitative estimate of drug-likeness (QED) is 0.111. The number of carbonyl (C=O) groups excluding carboxylic acids is 1. The summed E-state index contributed by atoms with van der Waals surface area (Å²) in [6.45, 7) is 12.6. The summed E-state index contributed by atoms with van der Waals surface area (Å²) in [6.07, 6.45) is 18.5. The van der Waals surface area contributed by atoms with Crippen molar-refractivity contribution in [1.29, 1.82) is 0 Å². The molecule has 1 aromatic heterocycles. The third kappa shape index (κ3) is 12.3. The molecular formula is C37H55N2O2S+. The van der Waals surface area contributed by atoms with Gasteiger partial charge in [-0.05, 0) is 41.2 Å². The van der Waals surface area contributed by atoms with Crippen molar-refractivity contribution in [2.75, 3.05) is 11.9 Å². The number of aromatic nitrogens is 1. The molecule has 1 heterocycles. The number of hydrogen-bond donors (Lipinski definition) is 1. The molecule has 0 aliphatic carbocycles. The van der Waals surface area contributed by atoms with Crippen LogP contribution in [0.15, 0.2) is 54.0 Å². The van der Waals surface area contributed by atoms with Crippen molar-refractivity contribution >= 4 is 22.9 Å². The Morgan fingerprint density at radius 1 is 0.857 bits per heavy atom. The van der Waals surface area contributed by atoms with E-state index < -0.39 is 0 Å². The molecule has 1 N–H and O–H groups in total. The van der Waals surface area contributed by atoms with Crippen LogP contribution in [0.4, 0.5) is 5.69 Å². The van der Waals surface area contributed by atoms with E-state index >= 15 is 0 Å². The number of ether oxygens (including phenoxy) is 1. The van der Waals surface area contributed by atoms with E-state index in [1.165, 1.54) is 81.2 Å². The van der Waals surface area contributed by atoms with Gasteiger partial charge in [0.15, 0.2) is 12.7 Å². The minimum absolute atomic E-state index is 0.00321. The van der Waals surface area contributed by atoms with Crippen molar-refractivity contribution in [3.8, 4) is 5.75 Å². The molecule has 1 amide bonds. The number of nitrogens with one attached hydrogen (secondary N) is 1. The molecule has 3 aromatic rings. The number of rotatable bonds is 19. The van der Waals surface area contributed by atoms with E-state index in [1.54, 1.807) is 11.3 Å².